The molecule has 0 radical (unpaired) electrons. The molecule has 0 aliphatic rings. The van der Waals surface area contributed by atoms with E-state index in [1.165, 1.54) is 0 Å². The number of hydrogen-bond donors (Lipinski definition) is 2. The van der Waals surface area contributed by atoms with Crippen LogP contribution in [0.4, 0.5) is 0 Å². The smallest absolute Gasteiger partial charge is 0.430 e. The molecule has 3 rings (SSSR count). The van der Waals surface area contributed by atoms with E-state index in [1.54, 1.807) is 37.2 Å². The van der Waals surface area contributed by atoms with Crippen molar-refractivity contribution in [2.45, 2.75) is 0 Å². The first-order valence-electron chi connectivity index (χ1n) is 6.18. The van der Waals surface area contributed by atoms with Gasteiger partial charge >= 0.3 is 7.69 Å². The van der Waals surface area contributed by atoms with Gasteiger partial charge in [0.1, 0.15) is 0 Å². The fourth-order valence-electron chi connectivity index (χ4n) is 0.938. The maximum absolute atomic E-state index is 7.12. The molecule has 0 aromatic carbocycles. The van der Waals surface area contributed by atoms with Gasteiger partial charge in [0.15, 0.2) is 0 Å². The predicted octanol–water partition coefficient (Wildman–Crippen LogP) is 1.48. The highest BCUT2D eigenvalue weighted by molar-refractivity contribution is 6.13. The summed E-state index contributed by atoms with van der Waals surface area (Å²) in [6.45, 7) is 0. The monoisotopic (exact) mass is 283 g/mol. The van der Waals surface area contributed by atoms with Gasteiger partial charge in [-0.25, -0.2) is 0 Å². The van der Waals surface area contributed by atoms with Crippen LogP contribution in [-0.4, -0.2) is 32.7 Å². The number of hydrogen-bond acceptors (Lipinski definition) is 5. The molecule has 0 unspecified atom stereocenters. The van der Waals surface area contributed by atoms with E-state index in [9.17, 15) is 0 Å². The van der Waals surface area contributed by atoms with Crippen molar-refractivity contribution in [3.05, 3.63) is 91.8 Å². The van der Waals surface area contributed by atoms with Gasteiger partial charge in [-0.15, -0.1) is 0 Å². The van der Waals surface area contributed by atoms with Crippen LogP contribution in [0.2, 0.25) is 0 Å². The molecule has 0 saturated heterocycles. The third-order valence-corrected chi connectivity index (χ3v) is 1.70. The minimum atomic E-state index is -0.750. The highest BCUT2D eigenvalue weighted by Crippen LogP contribution is 1.74. The van der Waals surface area contributed by atoms with Crippen molar-refractivity contribution in [1.82, 2.24) is 15.0 Å². The first kappa shape index (κ1) is 18.4. The van der Waals surface area contributed by atoms with E-state index < -0.39 is 7.69 Å². The second kappa shape index (κ2) is 17.4. The van der Waals surface area contributed by atoms with E-state index in [0.29, 0.717) is 0 Å². The van der Waals surface area contributed by atoms with Crippen LogP contribution in [-0.2, 0) is 0 Å². The molecule has 0 aliphatic carbocycles. The number of rotatable bonds is 0. The predicted molar refractivity (Wildman–Crippen MR) is 84.3 cm³/mol. The second-order valence-corrected chi connectivity index (χ2v) is 3.22. The fraction of sp³-hybridized carbons (Fsp3) is 0. The van der Waals surface area contributed by atoms with E-state index in [4.69, 9.17) is 10.0 Å². The summed E-state index contributed by atoms with van der Waals surface area (Å²) in [5.74, 6) is 0. The van der Waals surface area contributed by atoms with Crippen LogP contribution in [0.5, 0.6) is 0 Å². The fourth-order valence-corrected chi connectivity index (χ4v) is 0.938. The first-order valence-corrected chi connectivity index (χ1v) is 6.18. The van der Waals surface area contributed by atoms with E-state index in [2.05, 4.69) is 15.0 Å². The molecular weight excluding hydrogens is 265 g/mol. The minimum Gasteiger partial charge on any atom is -0.430 e. The summed E-state index contributed by atoms with van der Waals surface area (Å²) in [7, 11) is -0.750. The summed E-state index contributed by atoms with van der Waals surface area (Å²) in [4.78, 5) is 11.4. The van der Waals surface area contributed by atoms with Crippen LogP contribution in [0.1, 0.15) is 0 Å². The van der Waals surface area contributed by atoms with Gasteiger partial charge in [0.05, 0.1) is 0 Å². The molecule has 3 aromatic heterocycles. The summed E-state index contributed by atoms with van der Waals surface area (Å²) < 4.78 is 0. The molecule has 0 fully saturated rings. The quantitative estimate of drug-likeness (QED) is 0.611. The molecule has 0 bridgehead atoms. The van der Waals surface area contributed by atoms with Crippen LogP contribution < -0.4 is 0 Å². The molecule has 0 spiro atoms. The minimum absolute atomic E-state index is 0.750. The highest BCUT2D eigenvalue weighted by Gasteiger charge is 1.59. The molecule has 0 saturated carbocycles. The van der Waals surface area contributed by atoms with Crippen molar-refractivity contribution in [2.75, 3.05) is 0 Å². The van der Waals surface area contributed by atoms with Crippen molar-refractivity contribution in [3.63, 3.8) is 0 Å². The summed E-state index contributed by atoms with van der Waals surface area (Å²) in [6, 6.07) is 17.1. The Hall–Kier alpha value is -2.57. The molecule has 21 heavy (non-hydrogen) atoms. The summed E-state index contributed by atoms with van der Waals surface area (Å²) in [5.41, 5.74) is 0. The van der Waals surface area contributed by atoms with Gasteiger partial charge in [-0.3, -0.25) is 15.0 Å². The van der Waals surface area contributed by atoms with Gasteiger partial charge < -0.3 is 10.0 Å². The van der Waals surface area contributed by atoms with Gasteiger partial charge in [0.25, 0.3) is 0 Å². The van der Waals surface area contributed by atoms with Crippen LogP contribution in [0.15, 0.2) is 91.8 Å². The Balaban J connectivity index is 0.000000262. The molecule has 3 heterocycles. The lowest BCUT2D eigenvalue weighted by Gasteiger charge is -1.70. The molecule has 0 atom stereocenters. The van der Waals surface area contributed by atoms with Crippen molar-refractivity contribution >= 4 is 7.69 Å². The maximum atomic E-state index is 7.12. The third kappa shape index (κ3) is 17.4. The number of aromatic nitrogens is 3. The zero-order valence-corrected chi connectivity index (χ0v) is 11.6. The lowest BCUT2D eigenvalue weighted by Crippen LogP contribution is -1.75. The standard InChI is InChI=1S/3C5H5N.BH3O2/c3*1-2-4-6-5-3-1;2-1-3/h3*1-5H;1-3H. The van der Waals surface area contributed by atoms with Crippen molar-refractivity contribution in [1.29, 1.82) is 0 Å². The average molecular weight is 283 g/mol. The summed E-state index contributed by atoms with van der Waals surface area (Å²) in [6.07, 6.45) is 10.5. The largest absolute Gasteiger partial charge is 0.432 e. The Morgan fingerprint density at radius 3 is 0.667 bits per heavy atom. The van der Waals surface area contributed by atoms with E-state index in [-0.39, 0.29) is 0 Å². The molecule has 108 valence electrons. The second-order valence-electron chi connectivity index (χ2n) is 3.22. The van der Waals surface area contributed by atoms with E-state index in [0.717, 1.165) is 0 Å². The van der Waals surface area contributed by atoms with Gasteiger partial charge in [-0.1, -0.05) is 18.2 Å². The topological polar surface area (TPSA) is 79.1 Å². The first-order chi connectivity index (χ1) is 10.4. The van der Waals surface area contributed by atoms with Crippen molar-refractivity contribution < 1.29 is 10.0 Å². The van der Waals surface area contributed by atoms with Gasteiger partial charge in [0, 0.05) is 37.2 Å². The lowest BCUT2D eigenvalue weighted by molar-refractivity contribution is 0.448. The Labute approximate surface area is 125 Å². The molecule has 0 aliphatic heterocycles. The lowest BCUT2D eigenvalue weighted by atomic mass is 10.5. The maximum Gasteiger partial charge on any atom is 0.432 e. The van der Waals surface area contributed by atoms with Gasteiger partial charge in [-0.05, 0) is 36.4 Å². The Kier molecular flexibility index (Phi) is 15.3. The third-order valence-electron chi connectivity index (χ3n) is 1.70. The average Bonchev–Trinajstić information content (AvgIpc) is 2.61. The van der Waals surface area contributed by atoms with Gasteiger partial charge in [0.2, 0.25) is 0 Å². The Bertz CT molecular complexity index is 332. The molecular formula is C15H18BN3O2. The van der Waals surface area contributed by atoms with E-state index in [1.807, 2.05) is 54.6 Å². The SMILES string of the molecule is OBO.c1ccncc1.c1ccncc1.c1ccncc1. The molecule has 0 amide bonds. The normalized spacial score (nSPS) is 7.52. The molecule has 3 aromatic rings. The van der Waals surface area contributed by atoms with Gasteiger partial charge in [-0.2, -0.15) is 0 Å². The summed E-state index contributed by atoms with van der Waals surface area (Å²) >= 11 is 0. The van der Waals surface area contributed by atoms with E-state index >= 15 is 0 Å². The highest BCUT2D eigenvalue weighted by atomic mass is 16.4. The molecule has 5 nitrogen and oxygen atoms in total. The zero-order valence-electron chi connectivity index (χ0n) is 11.6. The van der Waals surface area contributed by atoms with Crippen LogP contribution in [0.3, 0.4) is 0 Å². The van der Waals surface area contributed by atoms with Crippen LogP contribution in [0.25, 0.3) is 0 Å². The summed E-state index contributed by atoms with van der Waals surface area (Å²) in [5, 5.41) is 14.2. The number of nitrogens with zero attached hydrogens (tertiary/aromatic N) is 3. The Morgan fingerprint density at radius 2 is 0.619 bits per heavy atom. The van der Waals surface area contributed by atoms with Crippen molar-refractivity contribution in [2.24, 2.45) is 0 Å². The number of pyridine rings is 3. The van der Waals surface area contributed by atoms with Crippen molar-refractivity contribution in [3.8, 4) is 0 Å². The Morgan fingerprint density at radius 1 is 0.429 bits per heavy atom. The molecule has 2 N–H and O–H groups in total. The zero-order chi connectivity index (χ0) is 15.4. The molecule has 6 heteroatoms. The van der Waals surface area contributed by atoms with Crippen LogP contribution >= 0.6 is 0 Å². The van der Waals surface area contributed by atoms with Crippen LogP contribution in [0, 0.1) is 0 Å².